The Morgan fingerprint density at radius 2 is 1.89 bits per heavy atom. The van der Waals surface area contributed by atoms with Gasteiger partial charge in [-0.1, -0.05) is 41.9 Å². The van der Waals surface area contributed by atoms with Crippen molar-refractivity contribution in [3.05, 3.63) is 82.6 Å². The zero-order valence-electron chi connectivity index (χ0n) is 15.5. The standard InChI is InChI=1S/C21H21ClN4O2/c1-28-19-8-3-2-6-16(19)12-24-21-25-13-17(14-26-21)20(27)23-10-9-15-5-4-7-18(22)11-15/h2-8,11,13-14H,9-10,12H2,1H3,(H,23,27)(H,24,25,26). The molecule has 0 fully saturated rings. The number of halogens is 1. The van der Waals surface area contributed by atoms with Gasteiger partial charge in [0.15, 0.2) is 0 Å². The number of aromatic nitrogens is 2. The van der Waals surface area contributed by atoms with Crippen molar-refractivity contribution >= 4 is 23.5 Å². The summed E-state index contributed by atoms with van der Waals surface area (Å²) in [5.41, 5.74) is 2.48. The predicted octanol–water partition coefficient (Wildman–Crippen LogP) is 3.72. The van der Waals surface area contributed by atoms with Crippen LogP contribution in [0.4, 0.5) is 5.95 Å². The highest BCUT2D eigenvalue weighted by atomic mass is 35.5. The van der Waals surface area contributed by atoms with Crippen LogP contribution in [0.5, 0.6) is 5.75 Å². The summed E-state index contributed by atoms with van der Waals surface area (Å²) in [4.78, 5) is 20.6. The van der Waals surface area contributed by atoms with Gasteiger partial charge in [-0.2, -0.15) is 0 Å². The van der Waals surface area contributed by atoms with Crippen LogP contribution < -0.4 is 15.4 Å². The summed E-state index contributed by atoms with van der Waals surface area (Å²) in [6.07, 6.45) is 3.71. The van der Waals surface area contributed by atoms with E-state index in [0.29, 0.717) is 36.0 Å². The minimum atomic E-state index is -0.210. The molecule has 0 aliphatic carbocycles. The minimum absolute atomic E-state index is 0.210. The number of methoxy groups -OCH3 is 1. The summed E-state index contributed by atoms with van der Waals surface area (Å²) in [6.45, 7) is 1.03. The van der Waals surface area contributed by atoms with Crippen LogP contribution >= 0.6 is 11.6 Å². The molecular weight excluding hydrogens is 376 g/mol. The molecule has 0 atom stereocenters. The number of nitrogens with zero attached hydrogens (tertiary/aromatic N) is 2. The Hall–Kier alpha value is -3.12. The van der Waals surface area contributed by atoms with E-state index in [1.165, 1.54) is 12.4 Å². The second-order valence-corrected chi connectivity index (χ2v) is 6.53. The van der Waals surface area contributed by atoms with Crippen LogP contribution in [0.3, 0.4) is 0 Å². The molecule has 144 valence electrons. The minimum Gasteiger partial charge on any atom is -0.496 e. The first-order chi connectivity index (χ1) is 13.7. The first kappa shape index (κ1) is 19.6. The molecule has 7 heteroatoms. The molecule has 28 heavy (non-hydrogen) atoms. The fourth-order valence-electron chi connectivity index (χ4n) is 2.67. The monoisotopic (exact) mass is 396 g/mol. The molecule has 2 aromatic carbocycles. The highest BCUT2D eigenvalue weighted by Gasteiger charge is 2.08. The summed E-state index contributed by atoms with van der Waals surface area (Å²) in [6, 6.07) is 15.3. The van der Waals surface area contributed by atoms with Crippen LogP contribution in [0.1, 0.15) is 21.5 Å². The summed E-state index contributed by atoms with van der Waals surface area (Å²) < 4.78 is 5.32. The first-order valence-corrected chi connectivity index (χ1v) is 9.24. The molecule has 0 unspecified atom stereocenters. The lowest BCUT2D eigenvalue weighted by Gasteiger charge is -2.09. The van der Waals surface area contributed by atoms with Crippen molar-refractivity contribution in [2.75, 3.05) is 19.0 Å². The van der Waals surface area contributed by atoms with Crippen LogP contribution in [-0.4, -0.2) is 29.5 Å². The van der Waals surface area contributed by atoms with E-state index in [-0.39, 0.29) is 5.91 Å². The molecule has 6 nitrogen and oxygen atoms in total. The van der Waals surface area contributed by atoms with Gasteiger partial charge >= 0.3 is 0 Å². The zero-order chi connectivity index (χ0) is 19.8. The average Bonchev–Trinajstić information content (AvgIpc) is 2.73. The van der Waals surface area contributed by atoms with E-state index >= 15 is 0 Å². The van der Waals surface area contributed by atoms with Crippen LogP contribution in [0.15, 0.2) is 60.9 Å². The van der Waals surface area contributed by atoms with Gasteiger partial charge in [-0.25, -0.2) is 9.97 Å². The fourth-order valence-corrected chi connectivity index (χ4v) is 2.89. The number of carbonyl (C=O) groups excluding carboxylic acids is 1. The SMILES string of the molecule is COc1ccccc1CNc1ncc(C(=O)NCCc2cccc(Cl)c2)cn1. The number of ether oxygens (including phenoxy) is 1. The summed E-state index contributed by atoms with van der Waals surface area (Å²) in [5.74, 6) is 1.03. The second kappa shape index (κ2) is 9.71. The van der Waals surface area contributed by atoms with E-state index in [1.807, 2.05) is 48.5 Å². The molecule has 1 aromatic heterocycles. The quantitative estimate of drug-likeness (QED) is 0.606. The van der Waals surface area contributed by atoms with Gasteiger partial charge in [-0.3, -0.25) is 4.79 Å². The molecule has 0 saturated carbocycles. The van der Waals surface area contributed by atoms with E-state index in [2.05, 4.69) is 20.6 Å². The highest BCUT2D eigenvalue weighted by Crippen LogP contribution is 2.18. The molecule has 0 saturated heterocycles. The largest absolute Gasteiger partial charge is 0.496 e. The highest BCUT2D eigenvalue weighted by molar-refractivity contribution is 6.30. The van der Waals surface area contributed by atoms with Gasteiger partial charge < -0.3 is 15.4 Å². The Bertz CT molecular complexity index is 932. The molecule has 0 aliphatic heterocycles. The Kier molecular flexibility index (Phi) is 6.81. The summed E-state index contributed by atoms with van der Waals surface area (Å²) in [7, 11) is 1.63. The smallest absolute Gasteiger partial charge is 0.254 e. The van der Waals surface area contributed by atoms with Gasteiger partial charge in [0.1, 0.15) is 5.75 Å². The van der Waals surface area contributed by atoms with Crippen LogP contribution in [0.25, 0.3) is 0 Å². The van der Waals surface area contributed by atoms with Crippen LogP contribution in [-0.2, 0) is 13.0 Å². The van der Waals surface area contributed by atoms with Crippen LogP contribution in [0, 0.1) is 0 Å². The van der Waals surface area contributed by atoms with Crippen molar-refractivity contribution in [1.29, 1.82) is 0 Å². The maximum atomic E-state index is 12.2. The number of nitrogens with one attached hydrogen (secondary N) is 2. The number of benzene rings is 2. The van der Waals surface area contributed by atoms with Gasteiger partial charge in [0.05, 0.1) is 12.7 Å². The Labute approximate surface area is 168 Å². The number of hydrogen-bond acceptors (Lipinski definition) is 5. The Morgan fingerprint density at radius 1 is 1.11 bits per heavy atom. The molecule has 0 radical (unpaired) electrons. The lowest BCUT2D eigenvalue weighted by molar-refractivity contribution is 0.0953. The van der Waals surface area contributed by atoms with Crippen molar-refractivity contribution in [3.63, 3.8) is 0 Å². The van der Waals surface area contributed by atoms with E-state index < -0.39 is 0 Å². The number of rotatable bonds is 8. The summed E-state index contributed by atoms with van der Waals surface area (Å²) >= 11 is 5.96. The van der Waals surface area contributed by atoms with E-state index in [4.69, 9.17) is 16.3 Å². The summed E-state index contributed by atoms with van der Waals surface area (Å²) in [5, 5.41) is 6.67. The van der Waals surface area contributed by atoms with Crippen molar-refractivity contribution in [2.24, 2.45) is 0 Å². The van der Waals surface area contributed by atoms with Gasteiger partial charge in [0.2, 0.25) is 5.95 Å². The van der Waals surface area contributed by atoms with Crippen LogP contribution in [0.2, 0.25) is 5.02 Å². The predicted molar refractivity (Wildman–Crippen MR) is 110 cm³/mol. The van der Waals surface area contributed by atoms with Gasteiger partial charge in [0, 0.05) is 36.1 Å². The molecule has 1 heterocycles. The topological polar surface area (TPSA) is 76.1 Å². The zero-order valence-corrected chi connectivity index (χ0v) is 16.2. The van der Waals surface area contributed by atoms with Crippen molar-refractivity contribution in [1.82, 2.24) is 15.3 Å². The molecule has 1 amide bonds. The molecule has 0 bridgehead atoms. The lowest BCUT2D eigenvalue weighted by atomic mass is 10.1. The third kappa shape index (κ3) is 5.44. The maximum absolute atomic E-state index is 12.2. The van der Waals surface area contributed by atoms with Gasteiger partial charge in [0.25, 0.3) is 5.91 Å². The molecule has 3 rings (SSSR count). The van der Waals surface area contributed by atoms with E-state index in [0.717, 1.165) is 16.9 Å². The van der Waals surface area contributed by atoms with Crippen molar-refractivity contribution in [2.45, 2.75) is 13.0 Å². The third-order valence-electron chi connectivity index (χ3n) is 4.13. The molecule has 0 aliphatic rings. The average molecular weight is 397 g/mol. The Balaban J connectivity index is 1.50. The third-order valence-corrected chi connectivity index (χ3v) is 4.37. The normalized spacial score (nSPS) is 10.4. The first-order valence-electron chi connectivity index (χ1n) is 8.86. The number of para-hydroxylation sites is 1. The Morgan fingerprint density at radius 3 is 2.64 bits per heavy atom. The number of anilines is 1. The molecular formula is C21H21ClN4O2. The van der Waals surface area contributed by atoms with Crippen molar-refractivity contribution < 1.29 is 9.53 Å². The maximum Gasteiger partial charge on any atom is 0.254 e. The van der Waals surface area contributed by atoms with E-state index in [1.54, 1.807) is 7.11 Å². The molecule has 0 spiro atoms. The molecule has 3 aromatic rings. The number of hydrogen-bond donors (Lipinski definition) is 2. The number of carbonyl (C=O) groups is 1. The fraction of sp³-hybridized carbons (Fsp3) is 0.190. The second-order valence-electron chi connectivity index (χ2n) is 6.10. The lowest BCUT2D eigenvalue weighted by Crippen LogP contribution is -2.26. The number of amides is 1. The van der Waals surface area contributed by atoms with Gasteiger partial charge in [-0.15, -0.1) is 0 Å². The van der Waals surface area contributed by atoms with Crippen molar-refractivity contribution in [3.8, 4) is 5.75 Å². The molecule has 2 N–H and O–H groups in total. The van der Waals surface area contributed by atoms with E-state index in [9.17, 15) is 4.79 Å². The van der Waals surface area contributed by atoms with Gasteiger partial charge in [-0.05, 0) is 30.2 Å².